The van der Waals surface area contributed by atoms with Crippen molar-refractivity contribution in [2.24, 2.45) is 0 Å². The molecule has 0 radical (unpaired) electrons. The van der Waals surface area contributed by atoms with Crippen LogP contribution in [0.3, 0.4) is 0 Å². The second-order valence-electron chi connectivity index (χ2n) is 8.50. The maximum Gasteiger partial charge on any atom is 0.417 e. The number of hydrogen-bond acceptors (Lipinski definition) is 6. The maximum absolute atomic E-state index is 13.5. The van der Waals surface area contributed by atoms with Crippen molar-refractivity contribution in [3.05, 3.63) is 77.1 Å². The predicted molar refractivity (Wildman–Crippen MR) is 138 cm³/mol. The highest BCUT2D eigenvalue weighted by atomic mass is 35.5. The monoisotopic (exact) mass is 549 g/mol. The molecule has 1 aliphatic rings. The average Bonchev–Trinajstić information content (AvgIpc) is 2.90. The number of urea groups is 1. The number of rotatable bonds is 9. The standard InChI is InChI=1S/C26H27ClF3N5O3/c27-22-16-24(37-14-13-35-11-9-32-10-12-35)23(15-21(22)26(28,29)30)34-25(36)33-17-18-1-3-19(4-2-18)38-20-5-7-31-8-6-20/h1-8,15-16,32H,9-14,17H2,(H2,33,34,36). The Morgan fingerprint density at radius 1 is 1.05 bits per heavy atom. The van der Waals surface area contributed by atoms with Crippen LogP contribution in [0.25, 0.3) is 0 Å². The summed E-state index contributed by atoms with van der Waals surface area (Å²) in [6.45, 7) is 4.38. The van der Waals surface area contributed by atoms with Gasteiger partial charge in [-0.1, -0.05) is 23.7 Å². The largest absolute Gasteiger partial charge is 0.490 e. The Morgan fingerprint density at radius 3 is 2.42 bits per heavy atom. The van der Waals surface area contributed by atoms with Crippen molar-refractivity contribution in [1.29, 1.82) is 0 Å². The van der Waals surface area contributed by atoms with Gasteiger partial charge >= 0.3 is 12.2 Å². The van der Waals surface area contributed by atoms with Crippen molar-refractivity contribution in [1.82, 2.24) is 20.5 Å². The SMILES string of the molecule is O=C(NCc1ccc(Oc2ccncc2)cc1)Nc1cc(C(F)(F)F)c(Cl)cc1OCCN1CCNCC1. The Hall–Kier alpha value is -3.54. The van der Waals surface area contributed by atoms with Crippen LogP contribution in [0, 0.1) is 0 Å². The molecule has 202 valence electrons. The number of aromatic nitrogens is 1. The first-order valence-corrected chi connectivity index (χ1v) is 12.3. The van der Waals surface area contributed by atoms with E-state index in [9.17, 15) is 18.0 Å². The van der Waals surface area contributed by atoms with Crippen molar-refractivity contribution in [3.8, 4) is 17.2 Å². The Morgan fingerprint density at radius 2 is 1.74 bits per heavy atom. The Kier molecular flexibility index (Phi) is 9.27. The van der Waals surface area contributed by atoms with Gasteiger partial charge in [-0.05, 0) is 35.9 Å². The van der Waals surface area contributed by atoms with Crippen LogP contribution in [0.4, 0.5) is 23.7 Å². The van der Waals surface area contributed by atoms with Crippen LogP contribution in [0.2, 0.25) is 5.02 Å². The number of halogens is 4. The van der Waals surface area contributed by atoms with Gasteiger partial charge in [-0.2, -0.15) is 13.2 Å². The number of piperazine rings is 1. The molecule has 1 aromatic heterocycles. The van der Waals surface area contributed by atoms with Crippen LogP contribution < -0.4 is 25.4 Å². The Labute approximate surface area is 223 Å². The first-order chi connectivity index (χ1) is 18.3. The van der Waals surface area contributed by atoms with E-state index in [1.165, 1.54) is 0 Å². The number of alkyl halides is 3. The summed E-state index contributed by atoms with van der Waals surface area (Å²) in [7, 11) is 0. The van der Waals surface area contributed by atoms with Gasteiger partial charge in [-0.25, -0.2) is 4.79 Å². The Balaban J connectivity index is 1.37. The molecule has 1 saturated heterocycles. The summed E-state index contributed by atoms with van der Waals surface area (Å²) in [5.74, 6) is 1.30. The highest BCUT2D eigenvalue weighted by Gasteiger charge is 2.34. The lowest BCUT2D eigenvalue weighted by atomic mass is 10.1. The highest BCUT2D eigenvalue weighted by Crippen LogP contribution is 2.40. The van der Waals surface area contributed by atoms with Crippen molar-refractivity contribution >= 4 is 23.3 Å². The molecule has 0 aliphatic carbocycles. The number of anilines is 1. The summed E-state index contributed by atoms with van der Waals surface area (Å²) < 4.78 is 51.8. The molecule has 0 unspecified atom stereocenters. The predicted octanol–water partition coefficient (Wildman–Crippen LogP) is 5.15. The van der Waals surface area contributed by atoms with Crippen molar-refractivity contribution in [2.45, 2.75) is 12.7 Å². The van der Waals surface area contributed by atoms with Gasteiger partial charge in [0.25, 0.3) is 0 Å². The molecule has 38 heavy (non-hydrogen) atoms. The van der Waals surface area contributed by atoms with Crippen LogP contribution in [0.15, 0.2) is 60.9 Å². The van der Waals surface area contributed by atoms with Crippen molar-refractivity contribution in [2.75, 3.05) is 44.6 Å². The van der Waals surface area contributed by atoms with E-state index in [0.29, 0.717) is 18.0 Å². The van der Waals surface area contributed by atoms with E-state index in [0.717, 1.165) is 43.9 Å². The zero-order valence-corrected chi connectivity index (χ0v) is 21.1. The molecule has 0 spiro atoms. The number of nitrogens with one attached hydrogen (secondary N) is 3. The van der Waals surface area contributed by atoms with Crippen LogP contribution in [0.5, 0.6) is 17.2 Å². The second kappa shape index (κ2) is 12.8. The summed E-state index contributed by atoms with van der Waals surface area (Å²) in [5, 5.41) is 7.85. The average molecular weight is 550 g/mol. The zero-order valence-electron chi connectivity index (χ0n) is 20.4. The molecule has 1 fully saturated rings. The molecule has 2 amide bonds. The van der Waals surface area contributed by atoms with E-state index in [1.807, 2.05) is 0 Å². The topological polar surface area (TPSA) is 87.8 Å². The third-order valence-electron chi connectivity index (χ3n) is 5.76. The molecule has 2 aromatic carbocycles. The van der Waals surface area contributed by atoms with Gasteiger partial charge in [0, 0.05) is 57.7 Å². The molecule has 1 aliphatic heterocycles. The van der Waals surface area contributed by atoms with E-state index < -0.39 is 22.8 Å². The molecule has 3 N–H and O–H groups in total. The number of amides is 2. The van der Waals surface area contributed by atoms with E-state index >= 15 is 0 Å². The lowest BCUT2D eigenvalue weighted by molar-refractivity contribution is -0.137. The van der Waals surface area contributed by atoms with E-state index in [-0.39, 0.29) is 24.6 Å². The number of carbonyl (C=O) groups is 1. The highest BCUT2D eigenvalue weighted by molar-refractivity contribution is 6.31. The summed E-state index contributed by atoms with van der Waals surface area (Å²) in [6.07, 6.45) is -1.45. The summed E-state index contributed by atoms with van der Waals surface area (Å²) in [5.41, 5.74) is -0.420. The molecule has 0 bridgehead atoms. The Bertz CT molecular complexity index is 1210. The normalized spacial score (nSPS) is 14.1. The fraction of sp³-hybridized carbons (Fsp3) is 0.308. The zero-order chi connectivity index (χ0) is 27.0. The van der Waals surface area contributed by atoms with Crippen molar-refractivity contribution < 1.29 is 27.4 Å². The van der Waals surface area contributed by atoms with Gasteiger partial charge in [0.2, 0.25) is 0 Å². The number of hydrogen-bond donors (Lipinski definition) is 3. The van der Waals surface area contributed by atoms with Gasteiger partial charge in [0.1, 0.15) is 23.9 Å². The smallest absolute Gasteiger partial charge is 0.417 e. The quantitative estimate of drug-likeness (QED) is 0.342. The number of ether oxygens (including phenoxy) is 2. The fourth-order valence-corrected chi connectivity index (χ4v) is 4.04. The maximum atomic E-state index is 13.5. The van der Waals surface area contributed by atoms with Crippen LogP contribution in [-0.4, -0.2) is 55.2 Å². The van der Waals surface area contributed by atoms with E-state index in [2.05, 4.69) is 25.8 Å². The van der Waals surface area contributed by atoms with Gasteiger partial charge in [-0.15, -0.1) is 0 Å². The molecule has 0 atom stereocenters. The first-order valence-electron chi connectivity index (χ1n) is 12.0. The van der Waals surface area contributed by atoms with Gasteiger partial charge in [0.15, 0.2) is 0 Å². The number of pyridine rings is 1. The molecule has 4 rings (SSSR count). The summed E-state index contributed by atoms with van der Waals surface area (Å²) in [6, 6.07) is 11.7. The fourth-order valence-electron chi connectivity index (χ4n) is 3.78. The summed E-state index contributed by atoms with van der Waals surface area (Å²) in [4.78, 5) is 18.7. The first kappa shape index (κ1) is 27.5. The molecule has 12 heteroatoms. The number of benzene rings is 2. The molecule has 2 heterocycles. The minimum absolute atomic E-state index is 0.0610. The van der Waals surface area contributed by atoms with E-state index in [1.54, 1.807) is 48.8 Å². The minimum Gasteiger partial charge on any atom is -0.490 e. The molecule has 8 nitrogen and oxygen atoms in total. The van der Waals surface area contributed by atoms with Gasteiger partial charge in [0.05, 0.1) is 16.3 Å². The molecular formula is C26H27ClF3N5O3. The van der Waals surface area contributed by atoms with Gasteiger partial charge in [-0.3, -0.25) is 9.88 Å². The van der Waals surface area contributed by atoms with E-state index in [4.69, 9.17) is 21.1 Å². The van der Waals surface area contributed by atoms with Gasteiger partial charge < -0.3 is 25.4 Å². The number of nitrogens with zero attached hydrogens (tertiary/aromatic N) is 2. The van der Waals surface area contributed by atoms with Crippen LogP contribution in [0.1, 0.15) is 11.1 Å². The lowest BCUT2D eigenvalue weighted by Crippen LogP contribution is -2.44. The third kappa shape index (κ3) is 7.98. The lowest BCUT2D eigenvalue weighted by Gasteiger charge is -2.27. The number of carbonyl (C=O) groups excluding carboxylic acids is 1. The van der Waals surface area contributed by atoms with Crippen LogP contribution >= 0.6 is 11.6 Å². The second-order valence-corrected chi connectivity index (χ2v) is 8.91. The molecule has 0 saturated carbocycles. The van der Waals surface area contributed by atoms with Crippen molar-refractivity contribution in [3.63, 3.8) is 0 Å². The summed E-state index contributed by atoms with van der Waals surface area (Å²) >= 11 is 5.89. The molecular weight excluding hydrogens is 523 g/mol. The van der Waals surface area contributed by atoms with Crippen LogP contribution in [-0.2, 0) is 12.7 Å². The minimum atomic E-state index is -4.69. The third-order valence-corrected chi connectivity index (χ3v) is 6.07. The molecule has 3 aromatic rings.